The lowest BCUT2D eigenvalue weighted by Gasteiger charge is -2.33. The summed E-state index contributed by atoms with van der Waals surface area (Å²) in [6.07, 6.45) is 5.21. The van der Waals surface area contributed by atoms with Crippen LogP contribution in [0.4, 0.5) is 5.82 Å². The molecule has 3 fully saturated rings. The number of carboxylic acids is 1. The van der Waals surface area contributed by atoms with Crippen LogP contribution in [-0.4, -0.2) is 53.3 Å². The second-order valence-electron chi connectivity index (χ2n) is 8.37. The highest BCUT2D eigenvalue weighted by atomic mass is 16.5. The molecule has 3 N–H and O–H groups in total. The molecule has 146 valence electrons. The fourth-order valence-corrected chi connectivity index (χ4v) is 5.10. The molecule has 0 spiro atoms. The van der Waals surface area contributed by atoms with Gasteiger partial charge in [-0.3, -0.25) is 4.90 Å². The molecule has 2 atom stereocenters. The minimum absolute atomic E-state index is 0.0466. The number of hydrogen-bond acceptors (Lipinski definition) is 5. The zero-order valence-electron chi connectivity index (χ0n) is 15.8. The summed E-state index contributed by atoms with van der Waals surface area (Å²) < 4.78 is 5.52. The predicted octanol–water partition coefficient (Wildman–Crippen LogP) is 2.78. The zero-order chi connectivity index (χ0) is 19.3. The molecule has 2 aromatic rings. The van der Waals surface area contributed by atoms with Crippen LogP contribution < -0.4 is 5.73 Å². The van der Waals surface area contributed by atoms with Gasteiger partial charge in [-0.25, -0.2) is 9.78 Å². The molecule has 5 rings (SSSR count). The number of carboxylic acid groups (broad SMARTS) is 1. The lowest BCUT2D eigenvalue weighted by molar-refractivity contribution is 0.0378. The van der Waals surface area contributed by atoms with Gasteiger partial charge in [0.2, 0.25) is 0 Å². The SMILES string of the molecule is Nc1ncc(-c2ccc([C@@]34C[C@@H]3CN(C3CCOCC3)C4)cc2)cc1C(=O)O. The van der Waals surface area contributed by atoms with Crippen molar-refractivity contribution in [1.82, 2.24) is 9.88 Å². The molecule has 0 amide bonds. The standard InChI is InChI=1S/C22H25N3O3/c23-20-19(21(26)27)9-15(11-24-20)14-1-3-16(4-2-14)22-10-17(22)12-25(13-22)18-5-7-28-8-6-18/h1-4,9,11,17-18H,5-8,10,12-13H2,(H2,23,24)(H,26,27)/t17-,22+/m1/s1. The van der Waals surface area contributed by atoms with E-state index in [0.717, 1.165) is 49.6 Å². The molecular formula is C22H25N3O3. The number of benzene rings is 1. The lowest BCUT2D eigenvalue weighted by atomic mass is 9.92. The second-order valence-corrected chi connectivity index (χ2v) is 8.37. The number of piperidine rings is 1. The molecule has 3 heterocycles. The molecule has 6 nitrogen and oxygen atoms in total. The third-order valence-electron chi connectivity index (χ3n) is 6.82. The van der Waals surface area contributed by atoms with Crippen LogP contribution in [0.15, 0.2) is 36.5 Å². The van der Waals surface area contributed by atoms with E-state index in [1.807, 2.05) is 0 Å². The van der Waals surface area contributed by atoms with Crippen molar-refractivity contribution in [1.29, 1.82) is 0 Å². The van der Waals surface area contributed by atoms with Crippen molar-refractivity contribution in [2.45, 2.75) is 30.7 Å². The average molecular weight is 379 g/mol. The van der Waals surface area contributed by atoms with E-state index in [0.29, 0.717) is 11.5 Å². The fourth-order valence-electron chi connectivity index (χ4n) is 5.10. The highest BCUT2D eigenvalue weighted by Gasteiger charge is 2.61. The van der Waals surface area contributed by atoms with Crippen LogP contribution in [0.25, 0.3) is 11.1 Å². The number of nitrogens with zero attached hydrogens (tertiary/aromatic N) is 2. The van der Waals surface area contributed by atoms with E-state index in [1.54, 1.807) is 12.3 Å². The van der Waals surface area contributed by atoms with Crippen molar-refractivity contribution in [2.24, 2.45) is 5.92 Å². The number of rotatable bonds is 4. The van der Waals surface area contributed by atoms with Crippen molar-refractivity contribution < 1.29 is 14.6 Å². The Bertz CT molecular complexity index is 908. The molecular weight excluding hydrogens is 354 g/mol. The Balaban J connectivity index is 1.35. The minimum atomic E-state index is -1.05. The maximum absolute atomic E-state index is 11.3. The van der Waals surface area contributed by atoms with Crippen LogP contribution in [0.5, 0.6) is 0 Å². The van der Waals surface area contributed by atoms with E-state index >= 15 is 0 Å². The molecule has 2 aliphatic heterocycles. The van der Waals surface area contributed by atoms with Gasteiger partial charge in [-0.2, -0.15) is 0 Å². The third kappa shape index (κ3) is 2.88. The first kappa shape index (κ1) is 17.6. The van der Waals surface area contributed by atoms with Gasteiger partial charge in [-0.1, -0.05) is 24.3 Å². The third-order valence-corrected chi connectivity index (χ3v) is 6.82. The Kier molecular flexibility index (Phi) is 4.14. The van der Waals surface area contributed by atoms with Gasteiger partial charge in [0.1, 0.15) is 11.4 Å². The zero-order valence-corrected chi connectivity index (χ0v) is 15.8. The molecule has 0 bridgehead atoms. The summed E-state index contributed by atoms with van der Waals surface area (Å²) in [5.41, 5.74) is 9.16. The first-order valence-corrected chi connectivity index (χ1v) is 9.98. The van der Waals surface area contributed by atoms with Gasteiger partial charge in [0.15, 0.2) is 0 Å². The Hall–Kier alpha value is -2.44. The second kappa shape index (κ2) is 6.57. The molecule has 2 saturated heterocycles. The number of pyridine rings is 1. The van der Waals surface area contributed by atoms with Crippen LogP contribution in [0.1, 0.15) is 35.2 Å². The van der Waals surface area contributed by atoms with E-state index in [2.05, 4.69) is 34.1 Å². The topological polar surface area (TPSA) is 88.7 Å². The number of carbonyl (C=O) groups is 1. The number of likely N-dealkylation sites (tertiary alicyclic amines) is 1. The molecule has 1 saturated carbocycles. The summed E-state index contributed by atoms with van der Waals surface area (Å²) in [6, 6.07) is 10.8. The summed E-state index contributed by atoms with van der Waals surface area (Å²) in [5, 5.41) is 9.26. The first-order chi connectivity index (χ1) is 13.6. The van der Waals surface area contributed by atoms with Crippen molar-refractivity contribution >= 4 is 11.8 Å². The van der Waals surface area contributed by atoms with Gasteiger partial charge >= 0.3 is 5.97 Å². The van der Waals surface area contributed by atoms with Gasteiger partial charge in [0.25, 0.3) is 0 Å². The predicted molar refractivity (Wildman–Crippen MR) is 106 cm³/mol. The van der Waals surface area contributed by atoms with Crippen LogP contribution in [0, 0.1) is 5.92 Å². The van der Waals surface area contributed by atoms with Crippen molar-refractivity contribution in [2.75, 3.05) is 32.0 Å². The minimum Gasteiger partial charge on any atom is -0.478 e. The molecule has 0 unspecified atom stereocenters. The number of aromatic nitrogens is 1. The summed E-state index contributed by atoms with van der Waals surface area (Å²) >= 11 is 0. The maximum atomic E-state index is 11.3. The number of nitrogen functional groups attached to an aromatic ring is 1. The first-order valence-electron chi connectivity index (χ1n) is 9.98. The Morgan fingerprint density at radius 3 is 2.68 bits per heavy atom. The van der Waals surface area contributed by atoms with Gasteiger partial charge < -0.3 is 15.6 Å². The highest BCUT2D eigenvalue weighted by molar-refractivity contribution is 5.94. The van der Waals surface area contributed by atoms with Crippen molar-refractivity contribution in [3.8, 4) is 11.1 Å². The maximum Gasteiger partial charge on any atom is 0.339 e. The molecule has 1 aromatic carbocycles. The molecule has 3 aliphatic rings. The van der Waals surface area contributed by atoms with Gasteiger partial charge in [0, 0.05) is 49.5 Å². The summed E-state index contributed by atoms with van der Waals surface area (Å²) in [6.45, 7) is 4.13. The number of ether oxygens (including phenoxy) is 1. The summed E-state index contributed by atoms with van der Waals surface area (Å²) in [7, 11) is 0. The molecule has 0 radical (unpaired) electrons. The Labute approximate surface area is 164 Å². The van der Waals surface area contributed by atoms with Gasteiger partial charge in [-0.15, -0.1) is 0 Å². The summed E-state index contributed by atoms with van der Waals surface area (Å²) in [5.74, 6) is -0.243. The Morgan fingerprint density at radius 2 is 1.96 bits per heavy atom. The van der Waals surface area contributed by atoms with Crippen LogP contribution in [0.2, 0.25) is 0 Å². The van der Waals surface area contributed by atoms with E-state index in [1.165, 1.54) is 18.5 Å². The van der Waals surface area contributed by atoms with Gasteiger partial charge in [0.05, 0.1) is 0 Å². The lowest BCUT2D eigenvalue weighted by Crippen LogP contribution is -2.40. The average Bonchev–Trinajstić information content (AvgIpc) is 3.30. The van der Waals surface area contributed by atoms with Crippen LogP contribution in [0.3, 0.4) is 0 Å². The highest BCUT2D eigenvalue weighted by Crippen LogP contribution is 2.59. The quantitative estimate of drug-likeness (QED) is 0.849. The van der Waals surface area contributed by atoms with E-state index in [-0.39, 0.29) is 11.4 Å². The smallest absolute Gasteiger partial charge is 0.339 e. The molecule has 28 heavy (non-hydrogen) atoms. The number of aromatic carboxylic acids is 1. The van der Waals surface area contributed by atoms with Crippen molar-refractivity contribution in [3.63, 3.8) is 0 Å². The number of fused-ring (bicyclic) bond motifs is 1. The van der Waals surface area contributed by atoms with Crippen molar-refractivity contribution in [3.05, 3.63) is 47.7 Å². The molecule has 6 heteroatoms. The van der Waals surface area contributed by atoms with Crippen LogP contribution in [-0.2, 0) is 10.2 Å². The van der Waals surface area contributed by atoms with E-state index in [9.17, 15) is 9.90 Å². The van der Waals surface area contributed by atoms with Crippen LogP contribution >= 0.6 is 0 Å². The molecule has 1 aliphatic carbocycles. The Morgan fingerprint density at radius 1 is 1.21 bits per heavy atom. The monoisotopic (exact) mass is 379 g/mol. The number of anilines is 1. The number of nitrogens with two attached hydrogens (primary N) is 1. The van der Waals surface area contributed by atoms with E-state index < -0.39 is 5.97 Å². The molecule has 1 aromatic heterocycles. The summed E-state index contributed by atoms with van der Waals surface area (Å²) in [4.78, 5) is 18.0. The largest absolute Gasteiger partial charge is 0.478 e. The normalized spacial score (nSPS) is 27.5. The van der Waals surface area contributed by atoms with Gasteiger partial charge in [-0.05, 0) is 42.4 Å². The number of hydrogen-bond donors (Lipinski definition) is 2. The fraction of sp³-hybridized carbons (Fsp3) is 0.455. The van der Waals surface area contributed by atoms with E-state index in [4.69, 9.17) is 10.5 Å².